The second-order valence-corrected chi connectivity index (χ2v) is 6.09. The average molecular weight is 337 g/mol. The van der Waals surface area contributed by atoms with Crippen molar-refractivity contribution < 1.29 is 14.4 Å². The van der Waals surface area contributed by atoms with Crippen LogP contribution in [-0.4, -0.2) is 24.3 Å². The first kappa shape index (κ1) is 16.7. The summed E-state index contributed by atoms with van der Waals surface area (Å²) in [5.74, 6) is -1.47. The van der Waals surface area contributed by atoms with E-state index in [4.69, 9.17) is 5.73 Å². The molecule has 1 heterocycles. The van der Waals surface area contributed by atoms with E-state index in [9.17, 15) is 14.4 Å². The lowest BCUT2D eigenvalue weighted by molar-refractivity contribution is -0.122. The summed E-state index contributed by atoms with van der Waals surface area (Å²) in [5, 5.41) is 2.72. The van der Waals surface area contributed by atoms with E-state index in [0.717, 1.165) is 11.3 Å². The first-order valence-corrected chi connectivity index (χ1v) is 8.03. The van der Waals surface area contributed by atoms with Gasteiger partial charge in [-0.3, -0.25) is 14.4 Å². The third-order valence-corrected chi connectivity index (χ3v) is 4.35. The van der Waals surface area contributed by atoms with Crippen LogP contribution >= 0.6 is 0 Å². The van der Waals surface area contributed by atoms with Crippen LogP contribution in [0.25, 0.3) is 0 Å². The van der Waals surface area contributed by atoms with Crippen molar-refractivity contribution in [3.63, 3.8) is 0 Å². The fraction of sp³-hybridized carbons (Fsp3) is 0.211. The lowest BCUT2D eigenvalue weighted by Crippen LogP contribution is -2.29. The number of para-hydroxylation sites is 2. The molecule has 1 aliphatic rings. The Morgan fingerprint density at radius 2 is 1.80 bits per heavy atom. The van der Waals surface area contributed by atoms with Gasteiger partial charge in [-0.05, 0) is 30.7 Å². The Hall–Kier alpha value is -3.15. The number of nitrogens with one attached hydrogen (secondary N) is 1. The zero-order valence-electron chi connectivity index (χ0n) is 13.9. The van der Waals surface area contributed by atoms with Crippen LogP contribution in [0.15, 0.2) is 48.5 Å². The summed E-state index contributed by atoms with van der Waals surface area (Å²) < 4.78 is 0. The zero-order chi connectivity index (χ0) is 18.0. The van der Waals surface area contributed by atoms with Crippen molar-refractivity contribution in [2.24, 2.45) is 11.7 Å². The number of anilines is 2. The summed E-state index contributed by atoms with van der Waals surface area (Å²) in [6.07, 6.45) is 0.138. The van der Waals surface area contributed by atoms with Crippen LogP contribution in [0.1, 0.15) is 22.3 Å². The number of primary amides is 1. The minimum Gasteiger partial charge on any atom is -0.366 e. The molecule has 2 aromatic rings. The molecule has 3 N–H and O–H groups in total. The van der Waals surface area contributed by atoms with E-state index in [1.807, 2.05) is 31.2 Å². The monoisotopic (exact) mass is 337 g/mol. The number of nitrogens with two attached hydrogens (primary N) is 1. The predicted octanol–water partition coefficient (Wildman–Crippen LogP) is 2.09. The Balaban J connectivity index is 1.76. The van der Waals surface area contributed by atoms with E-state index < -0.39 is 11.8 Å². The number of hydrogen-bond donors (Lipinski definition) is 2. The largest absolute Gasteiger partial charge is 0.366 e. The molecule has 0 radical (unpaired) electrons. The quantitative estimate of drug-likeness (QED) is 0.894. The lowest BCUT2D eigenvalue weighted by Gasteiger charge is -2.19. The molecule has 0 saturated carbocycles. The summed E-state index contributed by atoms with van der Waals surface area (Å²) in [6.45, 7) is 2.24. The smallest absolute Gasteiger partial charge is 0.250 e. The molecule has 6 nitrogen and oxygen atoms in total. The Kier molecular flexibility index (Phi) is 4.52. The summed E-state index contributed by atoms with van der Waals surface area (Å²) in [6, 6.07) is 14.1. The van der Waals surface area contributed by atoms with Crippen LogP contribution < -0.4 is 16.0 Å². The Labute approximate surface area is 145 Å². The second-order valence-electron chi connectivity index (χ2n) is 6.09. The number of carbonyl (C=O) groups is 3. The first-order chi connectivity index (χ1) is 12.0. The standard InChI is InChI=1S/C19H19N3O3/c1-12-6-2-5-9-16(12)22-11-13(10-17(22)23)19(25)21-15-8-4-3-7-14(15)18(20)24/h2-9,13H,10-11H2,1H3,(H2,20,24)(H,21,25). The van der Waals surface area contributed by atoms with Crippen LogP contribution in [0.2, 0.25) is 0 Å². The molecule has 0 aromatic heterocycles. The van der Waals surface area contributed by atoms with Gasteiger partial charge in [0.25, 0.3) is 5.91 Å². The summed E-state index contributed by atoms with van der Waals surface area (Å²) in [5.41, 5.74) is 7.74. The van der Waals surface area contributed by atoms with Crippen LogP contribution in [0, 0.1) is 12.8 Å². The molecule has 1 unspecified atom stereocenters. The number of rotatable bonds is 4. The molecule has 3 rings (SSSR count). The van der Waals surface area contributed by atoms with Crippen molar-refractivity contribution >= 4 is 29.1 Å². The number of hydrogen-bond acceptors (Lipinski definition) is 3. The molecular weight excluding hydrogens is 318 g/mol. The number of amides is 3. The second kappa shape index (κ2) is 6.76. The van der Waals surface area contributed by atoms with E-state index in [0.29, 0.717) is 12.2 Å². The number of benzene rings is 2. The van der Waals surface area contributed by atoms with Crippen LogP contribution in [-0.2, 0) is 9.59 Å². The van der Waals surface area contributed by atoms with Crippen molar-refractivity contribution in [2.45, 2.75) is 13.3 Å². The Morgan fingerprint density at radius 3 is 2.52 bits per heavy atom. The predicted molar refractivity (Wildman–Crippen MR) is 95.2 cm³/mol. The van der Waals surface area contributed by atoms with E-state index in [1.54, 1.807) is 29.2 Å². The minimum atomic E-state index is -0.611. The molecular formula is C19H19N3O3. The van der Waals surface area contributed by atoms with Gasteiger partial charge < -0.3 is 16.0 Å². The van der Waals surface area contributed by atoms with Crippen LogP contribution in [0.5, 0.6) is 0 Å². The van der Waals surface area contributed by atoms with Gasteiger partial charge in [-0.2, -0.15) is 0 Å². The third-order valence-electron chi connectivity index (χ3n) is 4.35. The fourth-order valence-corrected chi connectivity index (χ4v) is 3.02. The van der Waals surface area contributed by atoms with E-state index in [1.165, 1.54) is 0 Å². The maximum absolute atomic E-state index is 12.6. The van der Waals surface area contributed by atoms with Gasteiger partial charge >= 0.3 is 0 Å². The molecule has 0 aliphatic carbocycles. The molecule has 3 amide bonds. The molecule has 1 saturated heterocycles. The van der Waals surface area contributed by atoms with Gasteiger partial charge in [-0.15, -0.1) is 0 Å². The molecule has 6 heteroatoms. The first-order valence-electron chi connectivity index (χ1n) is 8.03. The van der Waals surface area contributed by atoms with Crippen molar-refractivity contribution in [1.82, 2.24) is 0 Å². The number of carbonyl (C=O) groups excluding carboxylic acids is 3. The van der Waals surface area contributed by atoms with Gasteiger partial charge in [-0.25, -0.2) is 0 Å². The highest BCUT2D eigenvalue weighted by molar-refractivity contribution is 6.07. The highest BCUT2D eigenvalue weighted by atomic mass is 16.2. The molecule has 1 atom stereocenters. The van der Waals surface area contributed by atoms with Crippen molar-refractivity contribution in [2.75, 3.05) is 16.8 Å². The van der Waals surface area contributed by atoms with Gasteiger partial charge in [0.15, 0.2) is 0 Å². The number of nitrogens with zero attached hydrogens (tertiary/aromatic N) is 1. The highest BCUT2D eigenvalue weighted by Gasteiger charge is 2.35. The fourth-order valence-electron chi connectivity index (χ4n) is 3.02. The lowest BCUT2D eigenvalue weighted by atomic mass is 10.1. The molecule has 2 aromatic carbocycles. The minimum absolute atomic E-state index is 0.0855. The van der Waals surface area contributed by atoms with Gasteiger partial charge in [-0.1, -0.05) is 30.3 Å². The maximum Gasteiger partial charge on any atom is 0.250 e. The molecule has 128 valence electrons. The average Bonchev–Trinajstić information content (AvgIpc) is 2.97. The van der Waals surface area contributed by atoms with Gasteiger partial charge in [0.2, 0.25) is 11.8 Å². The molecule has 0 bridgehead atoms. The highest BCUT2D eigenvalue weighted by Crippen LogP contribution is 2.28. The van der Waals surface area contributed by atoms with E-state index in [-0.39, 0.29) is 23.8 Å². The molecule has 0 spiro atoms. The Bertz CT molecular complexity index is 847. The zero-order valence-corrected chi connectivity index (χ0v) is 13.9. The van der Waals surface area contributed by atoms with Crippen molar-refractivity contribution in [3.8, 4) is 0 Å². The maximum atomic E-state index is 12.6. The van der Waals surface area contributed by atoms with E-state index >= 15 is 0 Å². The molecule has 1 aliphatic heterocycles. The van der Waals surface area contributed by atoms with Crippen LogP contribution in [0.4, 0.5) is 11.4 Å². The normalized spacial score (nSPS) is 16.8. The number of aryl methyl sites for hydroxylation is 1. The van der Waals surface area contributed by atoms with Crippen LogP contribution in [0.3, 0.4) is 0 Å². The molecule has 25 heavy (non-hydrogen) atoms. The van der Waals surface area contributed by atoms with Gasteiger partial charge in [0, 0.05) is 18.7 Å². The summed E-state index contributed by atoms with van der Waals surface area (Å²) in [7, 11) is 0. The summed E-state index contributed by atoms with van der Waals surface area (Å²) in [4.78, 5) is 38.0. The van der Waals surface area contributed by atoms with Gasteiger partial charge in [0.05, 0.1) is 17.2 Å². The SMILES string of the molecule is Cc1ccccc1N1CC(C(=O)Nc2ccccc2C(N)=O)CC1=O. The van der Waals surface area contributed by atoms with Gasteiger partial charge in [0.1, 0.15) is 0 Å². The van der Waals surface area contributed by atoms with E-state index in [2.05, 4.69) is 5.32 Å². The topological polar surface area (TPSA) is 92.5 Å². The Morgan fingerprint density at radius 1 is 1.12 bits per heavy atom. The molecule has 1 fully saturated rings. The third kappa shape index (κ3) is 3.38. The van der Waals surface area contributed by atoms with Crippen molar-refractivity contribution in [1.29, 1.82) is 0 Å². The summed E-state index contributed by atoms with van der Waals surface area (Å²) >= 11 is 0. The van der Waals surface area contributed by atoms with Crippen molar-refractivity contribution in [3.05, 3.63) is 59.7 Å².